The molecule has 0 spiro atoms. The van der Waals surface area contributed by atoms with Gasteiger partial charge in [-0.15, -0.1) is 0 Å². The maximum atomic E-state index is 12.8. The van der Waals surface area contributed by atoms with Crippen molar-refractivity contribution in [1.29, 1.82) is 0 Å². The number of carbonyl (C=O) groups excluding carboxylic acids is 1. The molecule has 0 saturated carbocycles. The summed E-state index contributed by atoms with van der Waals surface area (Å²) in [4.78, 5) is 13.2. The van der Waals surface area contributed by atoms with E-state index >= 15 is 0 Å². The van der Waals surface area contributed by atoms with Gasteiger partial charge in [0.25, 0.3) is 0 Å². The van der Waals surface area contributed by atoms with E-state index in [4.69, 9.17) is 10.5 Å². The van der Waals surface area contributed by atoms with Gasteiger partial charge >= 0.3 is 0 Å². The highest BCUT2D eigenvalue weighted by atomic mass is 19.1. The molecule has 2 rings (SSSR count). The van der Waals surface area contributed by atoms with Crippen LogP contribution < -0.4 is 10.5 Å². The highest BCUT2D eigenvalue weighted by Gasteiger charge is 2.25. The molecule has 1 amide bonds. The summed E-state index contributed by atoms with van der Waals surface area (Å²) in [6.45, 7) is 1.43. The lowest BCUT2D eigenvalue weighted by molar-refractivity contribution is -0.119. The first-order chi connectivity index (χ1) is 10.5. The summed E-state index contributed by atoms with van der Waals surface area (Å²) in [5.74, 6) is -0.114. The molecule has 6 heteroatoms. The van der Waals surface area contributed by atoms with Crippen molar-refractivity contribution in [3.05, 3.63) is 30.1 Å². The average Bonchev–Trinajstić information content (AvgIpc) is 2.48. The normalized spacial score (nSPS) is 20.5. The quantitative estimate of drug-likeness (QED) is 0.796. The van der Waals surface area contributed by atoms with Gasteiger partial charge in [-0.2, -0.15) is 0 Å². The third-order valence-corrected chi connectivity index (χ3v) is 3.89. The first kappa shape index (κ1) is 16.7. The molecule has 1 saturated heterocycles. The zero-order chi connectivity index (χ0) is 15.9. The molecule has 1 aliphatic heterocycles. The minimum atomic E-state index is -0.668. The Kier molecular flexibility index (Phi) is 6.15. The second-order valence-electron chi connectivity index (χ2n) is 5.73. The van der Waals surface area contributed by atoms with E-state index in [9.17, 15) is 14.3 Å². The smallest absolute Gasteiger partial charge is 0.218 e. The predicted octanol–water partition coefficient (Wildman–Crippen LogP) is 1.30. The zero-order valence-corrected chi connectivity index (χ0v) is 12.6. The minimum absolute atomic E-state index is 0.103. The fourth-order valence-electron chi connectivity index (χ4n) is 2.81. The van der Waals surface area contributed by atoms with Gasteiger partial charge in [0.15, 0.2) is 0 Å². The number of aliphatic hydroxyl groups is 1. The first-order valence-electron chi connectivity index (χ1n) is 7.63. The number of benzene rings is 1. The number of likely N-dealkylation sites (tertiary alicyclic amines) is 1. The third kappa shape index (κ3) is 5.27. The Bertz CT molecular complexity index is 481. The van der Waals surface area contributed by atoms with E-state index in [2.05, 4.69) is 4.90 Å². The van der Waals surface area contributed by atoms with Gasteiger partial charge in [0.05, 0.1) is 0 Å². The van der Waals surface area contributed by atoms with Crippen LogP contribution >= 0.6 is 0 Å². The van der Waals surface area contributed by atoms with E-state index in [1.54, 1.807) is 0 Å². The number of rotatable bonds is 7. The fourth-order valence-corrected chi connectivity index (χ4v) is 2.81. The molecular formula is C16H23FN2O3. The van der Waals surface area contributed by atoms with Gasteiger partial charge in [-0.25, -0.2) is 4.39 Å². The molecule has 0 radical (unpaired) electrons. The molecule has 0 aromatic heterocycles. The van der Waals surface area contributed by atoms with Crippen LogP contribution in [-0.4, -0.2) is 47.8 Å². The van der Waals surface area contributed by atoms with Crippen molar-refractivity contribution in [2.24, 2.45) is 5.73 Å². The number of aliphatic hydroxyl groups excluding tert-OH is 1. The topological polar surface area (TPSA) is 75.8 Å². The van der Waals surface area contributed by atoms with Crippen molar-refractivity contribution >= 4 is 5.91 Å². The monoisotopic (exact) mass is 310 g/mol. The van der Waals surface area contributed by atoms with Crippen LogP contribution in [0.4, 0.5) is 4.39 Å². The van der Waals surface area contributed by atoms with Crippen LogP contribution in [0.5, 0.6) is 5.75 Å². The van der Waals surface area contributed by atoms with Crippen molar-refractivity contribution in [2.45, 2.75) is 37.8 Å². The second-order valence-corrected chi connectivity index (χ2v) is 5.73. The molecule has 2 unspecified atom stereocenters. The average molecular weight is 310 g/mol. The summed E-state index contributed by atoms with van der Waals surface area (Å²) >= 11 is 0. The number of ether oxygens (including phenoxy) is 1. The van der Waals surface area contributed by atoms with Crippen LogP contribution in [-0.2, 0) is 4.79 Å². The number of β-amino-alcohol motifs (C(OH)–C–C–N with tert-alkyl or cyclic N) is 1. The zero-order valence-electron chi connectivity index (χ0n) is 12.6. The van der Waals surface area contributed by atoms with E-state index in [1.165, 1.54) is 24.3 Å². The summed E-state index contributed by atoms with van der Waals surface area (Å²) in [7, 11) is 0. The molecule has 122 valence electrons. The van der Waals surface area contributed by atoms with E-state index in [0.717, 1.165) is 25.8 Å². The number of piperidine rings is 1. The molecule has 1 aromatic rings. The van der Waals surface area contributed by atoms with Gasteiger partial charge < -0.3 is 15.6 Å². The predicted molar refractivity (Wildman–Crippen MR) is 80.9 cm³/mol. The van der Waals surface area contributed by atoms with Gasteiger partial charge in [-0.1, -0.05) is 6.42 Å². The molecule has 5 nitrogen and oxygen atoms in total. The highest BCUT2D eigenvalue weighted by Crippen LogP contribution is 2.20. The molecule has 3 N–H and O–H groups in total. The Morgan fingerprint density at radius 2 is 2.14 bits per heavy atom. The van der Waals surface area contributed by atoms with Crippen molar-refractivity contribution in [1.82, 2.24) is 4.90 Å². The van der Waals surface area contributed by atoms with E-state index < -0.39 is 6.10 Å². The van der Waals surface area contributed by atoms with Crippen LogP contribution in [0.15, 0.2) is 24.3 Å². The van der Waals surface area contributed by atoms with Crippen molar-refractivity contribution in [3.8, 4) is 5.75 Å². The van der Waals surface area contributed by atoms with Gasteiger partial charge in [0.1, 0.15) is 24.3 Å². The summed E-state index contributed by atoms with van der Waals surface area (Å²) < 4.78 is 18.2. The van der Waals surface area contributed by atoms with Gasteiger partial charge in [-0.3, -0.25) is 9.69 Å². The minimum Gasteiger partial charge on any atom is -0.491 e. The number of halogens is 1. The second kappa shape index (κ2) is 8.10. The fraction of sp³-hybridized carbons (Fsp3) is 0.562. The summed E-state index contributed by atoms with van der Waals surface area (Å²) in [5.41, 5.74) is 5.28. The summed E-state index contributed by atoms with van der Waals surface area (Å²) in [6.07, 6.45) is 2.72. The maximum absolute atomic E-state index is 12.8. The Hall–Kier alpha value is -1.66. The first-order valence-corrected chi connectivity index (χ1v) is 7.63. The lowest BCUT2D eigenvalue weighted by Crippen LogP contribution is -2.46. The van der Waals surface area contributed by atoms with Crippen molar-refractivity contribution in [2.75, 3.05) is 19.7 Å². The molecule has 1 aliphatic rings. The molecule has 0 aliphatic carbocycles. The molecular weight excluding hydrogens is 287 g/mol. The van der Waals surface area contributed by atoms with E-state index in [0.29, 0.717) is 18.7 Å². The van der Waals surface area contributed by atoms with Gasteiger partial charge in [-0.05, 0) is 43.7 Å². The summed E-state index contributed by atoms with van der Waals surface area (Å²) in [5, 5.41) is 10.1. The summed E-state index contributed by atoms with van der Waals surface area (Å²) in [6, 6.07) is 5.79. The SMILES string of the molecule is NC(=O)CC1CCCCN1CC(O)COc1ccc(F)cc1. The van der Waals surface area contributed by atoms with Gasteiger partial charge in [0, 0.05) is 19.0 Å². The Morgan fingerprint density at radius 1 is 1.41 bits per heavy atom. The number of nitrogens with zero attached hydrogens (tertiary/aromatic N) is 1. The number of primary amides is 1. The third-order valence-electron chi connectivity index (χ3n) is 3.89. The molecule has 22 heavy (non-hydrogen) atoms. The Labute approximate surface area is 129 Å². The number of hydrogen-bond donors (Lipinski definition) is 2. The number of carbonyl (C=O) groups is 1. The van der Waals surface area contributed by atoms with E-state index in [1.807, 2.05) is 0 Å². The van der Waals surface area contributed by atoms with Gasteiger partial charge in [0.2, 0.25) is 5.91 Å². The van der Waals surface area contributed by atoms with Crippen LogP contribution in [0.25, 0.3) is 0 Å². The number of nitrogens with two attached hydrogens (primary N) is 1. The van der Waals surface area contributed by atoms with Crippen LogP contribution in [0.1, 0.15) is 25.7 Å². The standard InChI is InChI=1S/C16H23FN2O3/c17-12-4-6-15(7-5-12)22-11-14(20)10-19-8-2-1-3-13(19)9-16(18)21/h4-7,13-14,20H,1-3,8-11H2,(H2,18,21). The Balaban J connectivity index is 1.80. The lowest BCUT2D eigenvalue weighted by atomic mass is 9.98. The van der Waals surface area contributed by atoms with E-state index in [-0.39, 0.29) is 24.4 Å². The molecule has 1 fully saturated rings. The van der Waals surface area contributed by atoms with Crippen LogP contribution in [0, 0.1) is 5.82 Å². The van der Waals surface area contributed by atoms with Crippen molar-refractivity contribution < 1.29 is 19.0 Å². The number of amides is 1. The molecule has 2 atom stereocenters. The Morgan fingerprint density at radius 3 is 2.82 bits per heavy atom. The largest absolute Gasteiger partial charge is 0.491 e. The molecule has 0 bridgehead atoms. The van der Waals surface area contributed by atoms with Crippen LogP contribution in [0.2, 0.25) is 0 Å². The molecule has 1 aromatic carbocycles. The van der Waals surface area contributed by atoms with Crippen molar-refractivity contribution in [3.63, 3.8) is 0 Å². The molecule has 1 heterocycles. The number of hydrogen-bond acceptors (Lipinski definition) is 4. The highest BCUT2D eigenvalue weighted by molar-refractivity contribution is 5.74. The van der Waals surface area contributed by atoms with Crippen LogP contribution in [0.3, 0.4) is 0 Å². The lowest BCUT2D eigenvalue weighted by Gasteiger charge is -2.36. The maximum Gasteiger partial charge on any atom is 0.218 e.